The van der Waals surface area contributed by atoms with Gasteiger partial charge in [-0.15, -0.1) is 0 Å². The lowest BCUT2D eigenvalue weighted by atomic mass is 10.1. The average Bonchev–Trinajstić information content (AvgIpc) is 1.98. The van der Waals surface area contributed by atoms with Gasteiger partial charge in [-0.05, 0) is 6.92 Å². The molecule has 0 aromatic rings. The summed E-state index contributed by atoms with van der Waals surface area (Å²) in [6.45, 7) is 12.0. The molecule has 0 aromatic carbocycles. The SMILES string of the molecule is C=C(C)N=CC(=C)OCC1CNC1. The Bertz CT molecular complexity index is 229. The molecular weight excluding hydrogens is 164 g/mol. The number of hydrogen-bond donors (Lipinski definition) is 1. The van der Waals surface area contributed by atoms with Crippen molar-refractivity contribution in [2.24, 2.45) is 10.9 Å². The third-order valence-electron chi connectivity index (χ3n) is 1.80. The van der Waals surface area contributed by atoms with Gasteiger partial charge in [-0.3, -0.25) is 4.99 Å². The van der Waals surface area contributed by atoms with E-state index in [1.54, 1.807) is 6.21 Å². The molecule has 0 amide bonds. The minimum Gasteiger partial charge on any atom is -0.492 e. The maximum Gasteiger partial charge on any atom is 0.130 e. The molecule has 3 heteroatoms. The van der Waals surface area contributed by atoms with Crippen molar-refractivity contribution in [1.29, 1.82) is 0 Å². The minimum atomic E-state index is 0.606. The predicted molar refractivity (Wildman–Crippen MR) is 54.8 cm³/mol. The zero-order valence-electron chi connectivity index (χ0n) is 8.05. The second kappa shape index (κ2) is 4.82. The van der Waals surface area contributed by atoms with Crippen molar-refractivity contribution in [2.45, 2.75) is 6.92 Å². The van der Waals surface area contributed by atoms with E-state index in [2.05, 4.69) is 23.5 Å². The Morgan fingerprint density at radius 3 is 2.77 bits per heavy atom. The van der Waals surface area contributed by atoms with Crippen molar-refractivity contribution in [2.75, 3.05) is 19.7 Å². The molecule has 1 aliphatic rings. The highest BCUT2D eigenvalue weighted by Crippen LogP contribution is 2.05. The average molecular weight is 180 g/mol. The minimum absolute atomic E-state index is 0.606. The first-order valence-corrected chi connectivity index (χ1v) is 4.40. The molecule has 1 aliphatic heterocycles. The predicted octanol–water partition coefficient (Wildman–Crippen LogP) is 1.34. The lowest BCUT2D eigenvalue weighted by molar-refractivity contribution is 0.148. The van der Waals surface area contributed by atoms with Crippen molar-refractivity contribution in [3.63, 3.8) is 0 Å². The number of ether oxygens (including phenoxy) is 1. The Morgan fingerprint density at radius 2 is 2.31 bits per heavy atom. The van der Waals surface area contributed by atoms with E-state index < -0.39 is 0 Å². The normalized spacial score (nSPS) is 17.0. The zero-order valence-corrected chi connectivity index (χ0v) is 8.05. The molecule has 72 valence electrons. The molecule has 1 heterocycles. The monoisotopic (exact) mass is 180 g/mol. The molecule has 0 saturated carbocycles. The molecular formula is C10H16N2O. The molecule has 1 N–H and O–H groups in total. The van der Waals surface area contributed by atoms with Crippen LogP contribution < -0.4 is 5.32 Å². The summed E-state index contributed by atoms with van der Waals surface area (Å²) in [4.78, 5) is 3.99. The highest BCUT2D eigenvalue weighted by atomic mass is 16.5. The molecule has 1 fully saturated rings. The summed E-state index contributed by atoms with van der Waals surface area (Å²) in [5.41, 5.74) is 0.759. The molecule has 0 aliphatic carbocycles. The fourth-order valence-corrected chi connectivity index (χ4v) is 0.911. The Kier molecular flexibility index (Phi) is 3.71. The smallest absolute Gasteiger partial charge is 0.130 e. The van der Waals surface area contributed by atoms with E-state index in [-0.39, 0.29) is 0 Å². The lowest BCUT2D eigenvalue weighted by Crippen LogP contribution is -2.44. The van der Waals surface area contributed by atoms with Gasteiger partial charge in [0.05, 0.1) is 12.8 Å². The van der Waals surface area contributed by atoms with Gasteiger partial charge in [0.25, 0.3) is 0 Å². The summed E-state index contributed by atoms with van der Waals surface area (Å²) >= 11 is 0. The maximum atomic E-state index is 5.37. The van der Waals surface area contributed by atoms with E-state index in [1.807, 2.05) is 6.92 Å². The highest BCUT2D eigenvalue weighted by Gasteiger charge is 2.16. The molecule has 0 radical (unpaired) electrons. The first kappa shape index (κ1) is 9.99. The van der Waals surface area contributed by atoms with Gasteiger partial charge < -0.3 is 10.1 Å². The number of allylic oxidation sites excluding steroid dienone is 2. The van der Waals surface area contributed by atoms with Crippen LogP contribution in [0.4, 0.5) is 0 Å². The number of hydrogen-bond acceptors (Lipinski definition) is 3. The number of nitrogens with one attached hydrogen (secondary N) is 1. The maximum absolute atomic E-state index is 5.37. The van der Waals surface area contributed by atoms with Gasteiger partial charge >= 0.3 is 0 Å². The van der Waals surface area contributed by atoms with Crippen LogP contribution in [0.2, 0.25) is 0 Å². The molecule has 0 aromatic heterocycles. The summed E-state index contributed by atoms with van der Waals surface area (Å²) in [6.07, 6.45) is 1.61. The van der Waals surface area contributed by atoms with Gasteiger partial charge in [-0.2, -0.15) is 0 Å². The third-order valence-corrected chi connectivity index (χ3v) is 1.80. The van der Waals surface area contributed by atoms with E-state index in [0.717, 1.165) is 25.4 Å². The quantitative estimate of drug-likeness (QED) is 0.511. The zero-order chi connectivity index (χ0) is 9.68. The number of nitrogens with zero attached hydrogens (tertiary/aromatic N) is 1. The van der Waals surface area contributed by atoms with Gasteiger partial charge in [0.2, 0.25) is 0 Å². The topological polar surface area (TPSA) is 33.6 Å². The van der Waals surface area contributed by atoms with Crippen LogP contribution in [0.3, 0.4) is 0 Å². The summed E-state index contributed by atoms with van der Waals surface area (Å²) in [6, 6.07) is 0. The summed E-state index contributed by atoms with van der Waals surface area (Å²) < 4.78 is 5.37. The first-order chi connectivity index (χ1) is 6.18. The fourth-order valence-electron chi connectivity index (χ4n) is 0.911. The van der Waals surface area contributed by atoms with Crippen molar-refractivity contribution in [3.05, 3.63) is 24.6 Å². The van der Waals surface area contributed by atoms with Gasteiger partial charge in [0.15, 0.2) is 0 Å². The van der Waals surface area contributed by atoms with Crippen LogP contribution in [-0.2, 0) is 4.74 Å². The molecule has 3 nitrogen and oxygen atoms in total. The molecule has 0 atom stereocenters. The van der Waals surface area contributed by atoms with E-state index in [0.29, 0.717) is 11.7 Å². The molecule has 1 saturated heterocycles. The van der Waals surface area contributed by atoms with Gasteiger partial charge in [-0.1, -0.05) is 13.2 Å². The molecule has 0 spiro atoms. The van der Waals surface area contributed by atoms with Gasteiger partial charge in [0.1, 0.15) is 5.76 Å². The largest absolute Gasteiger partial charge is 0.492 e. The Labute approximate surface area is 79.2 Å². The third kappa shape index (κ3) is 3.90. The molecule has 0 unspecified atom stereocenters. The van der Waals surface area contributed by atoms with Crippen molar-refractivity contribution in [1.82, 2.24) is 5.32 Å². The van der Waals surface area contributed by atoms with Crippen LogP contribution in [0, 0.1) is 5.92 Å². The van der Waals surface area contributed by atoms with Crippen LogP contribution >= 0.6 is 0 Å². The van der Waals surface area contributed by atoms with E-state index in [1.165, 1.54) is 0 Å². The highest BCUT2D eigenvalue weighted by molar-refractivity contribution is 5.75. The summed E-state index contributed by atoms with van der Waals surface area (Å²) in [7, 11) is 0. The lowest BCUT2D eigenvalue weighted by Gasteiger charge is -2.26. The number of rotatable bonds is 5. The summed E-state index contributed by atoms with van der Waals surface area (Å²) in [5.74, 6) is 1.24. The first-order valence-electron chi connectivity index (χ1n) is 4.40. The second-order valence-corrected chi connectivity index (χ2v) is 3.30. The molecule has 0 bridgehead atoms. The summed E-state index contributed by atoms with van der Waals surface area (Å²) in [5, 5.41) is 3.18. The van der Waals surface area contributed by atoms with E-state index >= 15 is 0 Å². The fraction of sp³-hybridized carbons (Fsp3) is 0.500. The van der Waals surface area contributed by atoms with Gasteiger partial charge in [0, 0.05) is 24.7 Å². The van der Waals surface area contributed by atoms with Crippen molar-refractivity contribution >= 4 is 6.21 Å². The van der Waals surface area contributed by atoms with E-state index in [4.69, 9.17) is 4.74 Å². The van der Waals surface area contributed by atoms with Crippen LogP contribution in [0.5, 0.6) is 0 Å². The Balaban J connectivity index is 2.13. The van der Waals surface area contributed by atoms with Crippen LogP contribution in [0.1, 0.15) is 6.92 Å². The van der Waals surface area contributed by atoms with Crippen molar-refractivity contribution in [3.8, 4) is 0 Å². The Hall–Kier alpha value is -1.09. The number of aliphatic imine (C=N–C) groups is 1. The Morgan fingerprint density at radius 1 is 1.62 bits per heavy atom. The van der Waals surface area contributed by atoms with Crippen LogP contribution in [0.25, 0.3) is 0 Å². The van der Waals surface area contributed by atoms with Crippen LogP contribution in [-0.4, -0.2) is 25.9 Å². The van der Waals surface area contributed by atoms with Gasteiger partial charge in [-0.25, -0.2) is 0 Å². The second-order valence-electron chi connectivity index (χ2n) is 3.30. The standard InChI is InChI=1S/C10H16N2O/c1-8(2)12-4-9(3)13-7-10-5-11-6-10/h4,10-11H,1,3,5-7H2,2H3. The molecule has 13 heavy (non-hydrogen) atoms. The van der Waals surface area contributed by atoms with Crippen molar-refractivity contribution < 1.29 is 4.74 Å². The molecule has 1 rings (SSSR count). The van der Waals surface area contributed by atoms with Crippen LogP contribution in [0.15, 0.2) is 29.6 Å². The van der Waals surface area contributed by atoms with E-state index in [9.17, 15) is 0 Å².